The number of nitrogens with zero attached hydrogens (tertiary/aromatic N) is 3. The number of fused-ring (bicyclic) bond motifs is 1. The predicted molar refractivity (Wildman–Crippen MR) is 111 cm³/mol. The quantitative estimate of drug-likeness (QED) is 0.435. The second kappa shape index (κ2) is 8.63. The van der Waals surface area contributed by atoms with Crippen molar-refractivity contribution in [1.29, 1.82) is 0 Å². The lowest BCUT2D eigenvalue weighted by Crippen LogP contribution is -2.63. The Hall–Kier alpha value is -1.90. The van der Waals surface area contributed by atoms with Crippen LogP contribution in [0.5, 0.6) is 0 Å². The van der Waals surface area contributed by atoms with E-state index in [0.29, 0.717) is 31.1 Å². The molecule has 0 aromatic carbocycles. The number of rotatable bonds is 9. The zero-order valence-electron chi connectivity index (χ0n) is 16.9. The standard InChI is InChI=1S/C19H29ClN6O2/c1-19(2)13(22-15(27)6-9-28-10-8-26(3)4)11-14(19)23-17-12-5-7-21-16(12)24-18(20)25-17/h5,7,13-14H,6,8-11H2,1-4H3,(H,22,27)(H2,21,23,24,25). The zero-order chi connectivity index (χ0) is 20.3. The highest BCUT2D eigenvalue weighted by molar-refractivity contribution is 6.28. The zero-order valence-corrected chi connectivity index (χ0v) is 17.6. The number of anilines is 1. The second-order valence-corrected chi connectivity index (χ2v) is 8.46. The molecule has 8 nitrogen and oxygen atoms in total. The van der Waals surface area contributed by atoms with E-state index in [0.717, 1.165) is 18.4 Å². The molecule has 1 aliphatic carbocycles. The number of amides is 1. The third-order valence-corrected chi connectivity index (χ3v) is 5.63. The van der Waals surface area contributed by atoms with E-state index in [1.165, 1.54) is 0 Å². The fraction of sp³-hybridized carbons (Fsp3) is 0.632. The van der Waals surface area contributed by atoms with Crippen molar-refractivity contribution in [3.63, 3.8) is 0 Å². The molecule has 1 saturated carbocycles. The lowest BCUT2D eigenvalue weighted by molar-refractivity contribution is -0.125. The molecule has 3 N–H and O–H groups in total. The molecule has 9 heteroatoms. The number of hydrogen-bond acceptors (Lipinski definition) is 6. The Balaban J connectivity index is 1.49. The van der Waals surface area contributed by atoms with Crippen LogP contribution in [0.3, 0.4) is 0 Å². The lowest BCUT2D eigenvalue weighted by atomic mass is 9.62. The summed E-state index contributed by atoms with van der Waals surface area (Å²) in [6.07, 6.45) is 3.02. The first-order chi connectivity index (χ1) is 13.3. The molecular formula is C19H29ClN6O2. The van der Waals surface area contributed by atoms with Crippen molar-refractivity contribution in [3.8, 4) is 0 Å². The summed E-state index contributed by atoms with van der Waals surface area (Å²) in [5, 5.41) is 7.72. The molecule has 0 saturated heterocycles. The summed E-state index contributed by atoms with van der Waals surface area (Å²) < 4.78 is 5.50. The van der Waals surface area contributed by atoms with Gasteiger partial charge in [0.2, 0.25) is 11.2 Å². The Bertz CT molecular complexity index is 822. The number of hydrogen-bond donors (Lipinski definition) is 3. The van der Waals surface area contributed by atoms with E-state index in [9.17, 15) is 4.79 Å². The summed E-state index contributed by atoms with van der Waals surface area (Å²) in [4.78, 5) is 25.8. The van der Waals surface area contributed by atoms with E-state index in [-0.39, 0.29) is 28.7 Å². The Morgan fingerprint density at radius 1 is 1.36 bits per heavy atom. The number of halogens is 1. The molecule has 28 heavy (non-hydrogen) atoms. The van der Waals surface area contributed by atoms with E-state index in [4.69, 9.17) is 16.3 Å². The van der Waals surface area contributed by atoms with Crippen LogP contribution in [0.2, 0.25) is 5.28 Å². The maximum Gasteiger partial charge on any atom is 0.226 e. The number of ether oxygens (including phenoxy) is 1. The van der Waals surface area contributed by atoms with Crippen LogP contribution in [0, 0.1) is 5.41 Å². The number of aromatic nitrogens is 3. The van der Waals surface area contributed by atoms with Gasteiger partial charge in [-0.1, -0.05) is 13.8 Å². The second-order valence-electron chi connectivity index (χ2n) is 8.12. The van der Waals surface area contributed by atoms with Crippen molar-refractivity contribution in [2.24, 2.45) is 5.41 Å². The smallest absolute Gasteiger partial charge is 0.226 e. The van der Waals surface area contributed by atoms with Crippen molar-refractivity contribution in [3.05, 3.63) is 17.5 Å². The van der Waals surface area contributed by atoms with Crippen LogP contribution in [0.4, 0.5) is 5.82 Å². The summed E-state index contributed by atoms with van der Waals surface area (Å²) in [5.41, 5.74) is 0.598. The summed E-state index contributed by atoms with van der Waals surface area (Å²) >= 11 is 6.03. The molecule has 0 bridgehead atoms. The molecule has 1 amide bonds. The van der Waals surface area contributed by atoms with Crippen molar-refractivity contribution in [2.75, 3.05) is 39.2 Å². The average molecular weight is 409 g/mol. The largest absolute Gasteiger partial charge is 0.380 e. The van der Waals surface area contributed by atoms with Gasteiger partial charge in [-0.3, -0.25) is 4.79 Å². The molecule has 2 aromatic heterocycles. The maximum absolute atomic E-state index is 12.2. The maximum atomic E-state index is 12.2. The first-order valence-corrected chi connectivity index (χ1v) is 9.94. The number of aromatic amines is 1. The monoisotopic (exact) mass is 408 g/mol. The Labute approximate surface area is 170 Å². The van der Waals surface area contributed by atoms with E-state index >= 15 is 0 Å². The van der Waals surface area contributed by atoms with Crippen LogP contribution in [0.1, 0.15) is 26.7 Å². The van der Waals surface area contributed by atoms with E-state index in [1.54, 1.807) is 0 Å². The molecule has 1 fully saturated rings. The fourth-order valence-electron chi connectivity index (χ4n) is 3.38. The van der Waals surface area contributed by atoms with Crippen molar-refractivity contribution >= 4 is 34.4 Å². The highest BCUT2D eigenvalue weighted by Gasteiger charge is 2.49. The SMILES string of the molecule is CN(C)CCOCCC(=O)NC1CC(Nc2nc(Cl)nc3[nH]ccc23)C1(C)C. The summed E-state index contributed by atoms with van der Waals surface area (Å²) in [7, 11) is 3.99. The summed E-state index contributed by atoms with van der Waals surface area (Å²) in [6, 6.07) is 2.21. The fourth-order valence-corrected chi connectivity index (χ4v) is 3.55. The molecule has 2 unspecified atom stereocenters. The first-order valence-electron chi connectivity index (χ1n) is 9.56. The minimum atomic E-state index is -0.110. The Morgan fingerprint density at radius 3 is 2.86 bits per heavy atom. The topological polar surface area (TPSA) is 95.2 Å². The molecule has 154 valence electrons. The Kier molecular flexibility index (Phi) is 6.42. The Morgan fingerprint density at radius 2 is 2.14 bits per heavy atom. The predicted octanol–water partition coefficient (Wildman–Crippen LogP) is 2.27. The summed E-state index contributed by atoms with van der Waals surface area (Å²) in [5.74, 6) is 0.743. The van der Waals surface area contributed by atoms with Gasteiger partial charge in [0.25, 0.3) is 0 Å². The van der Waals surface area contributed by atoms with Gasteiger partial charge in [-0.2, -0.15) is 4.98 Å². The number of likely N-dealkylation sites (N-methyl/N-ethyl adjacent to an activating group) is 1. The number of H-pyrrole nitrogens is 1. The number of nitrogens with one attached hydrogen (secondary N) is 3. The van der Waals surface area contributed by atoms with Crippen LogP contribution < -0.4 is 10.6 Å². The third kappa shape index (κ3) is 4.74. The van der Waals surface area contributed by atoms with Crippen molar-refractivity contribution in [2.45, 2.75) is 38.8 Å². The molecule has 0 radical (unpaired) electrons. The lowest BCUT2D eigenvalue weighted by Gasteiger charge is -2.52. The van der Waals surface area contributed by atoms with E-state index in [2.05, 4.69) is 44.3 Å². The third-order valence-electron chi connectivity index (χ3n) is 5.46. The molecular weight excluding hydrogens is 380 g/mol. The van der Waals surface area contributed by atoms with Gasteiger partial charge in [-0.15, -0.1) is 0 Å². The van der Waals surface area contributed by atoms with Crippen LogP contribution >= 0.6 is 11.6 Å². The number of carbonyl (C=O) groups is 1. The van der Waals surface area contributed by atoms with Crippen LogP contribution in [-0.4, -0.2) is 71.7 Å². The molecule has 0 spiro atoms. The molecule has 3 rings (SSSR count). The number of carbonyl (C=O) groups excluding carboxylic acids is 1. The van der Waals surface area contributed by atoms with Crippen LogP contribution in [0.15, 0.2) is 12.3 Å². The minimum Gasteiger partial charge on any atom is -0.380 e. The molecule has 1 aliphatic rings. The van der Waals surface area contributed by atoms with Gasteiger partial charge in [0.05, 0.1) is 18.6 Å². The summed E-state index contributed by atoms with van der Waals surface area (Å²) in [6.45, 7) is 6.22. The van der Waals surface area contributed by atoms with Gasteiger partial charge in [0.15, 0.2) is 0 Å². The van der Waals surface area contributed by atoms with E-state index < -0.39 is 0 Å². The van der Waals surface area contributed by atoms with Gasteiger partial charge < -0.3 is 25.3 Å². The average Bonchev–Trinajstić information content (AvgIpc) is 3.08. The molecule has 2 aromatic rings. The van der Waals surface area contributed by atoms with E-state index in [1.807, 2.05) is 26.4 Å². The van der Waals surface area contributed by atoms with Gasteiger partial charge in [0, 0.05) is 36.7 Å². The van der Waals surface area contributed by atoms with Crippen LogP contribution in [0.25, 0.3) is 11.0 Å². The minimum absolute atomic E-state index is 0.0273. The molecule has 2 heterocycles. The van der Waals surface area contributed by atoms with Crippen molar-refractivity contribution < 1.29 is 9.53 Å². The van der Waals surface area contributed by atoms with Gasteiger partial charge in [-0.25, -0.2) is 4.98 Å². The van der Waals surface area contributed by atoms with Gasteiger partial charge in [0.1, 0.15) is 11.5 Å². The first kappa shape index (κ1) is 20.8. The van der Waals surface area contributed by atoms with Gasteiger partial charge in [-0.05, 0) is 38.2 Å². The highest BCUT2D eigenvalue weighted by atomic mass is 35.5. The van der Waals surface area contributed by atoms with Gasteiger partial charge >= 0.3 is 0 Å². The molecule has 0 aliphatic heterocycles. The van der Waals surface area contributed by atoms with Crippen LogP contribution in [-0.2, 0) is 9.53 Å². The molecule has 2 atom stereocenters. The van der Waals surface area contributed by atoms with Crippen molar-refractivity contribution in [1.82, 2.24) is 25.2 Å². The normalized spacial score (nSPS) is 20.9. The highest BCUT2D eigenvalue weighted by Crippen LogP contribution is 2.42.